The summed E-state index contributed by atoms with van der Waals surface area (Å²) in [6.45, 7) is 2.89. The number of nitrogens with zero attached hydrogens (tertiary/aromatic N) is 2. The molecule has 0 aromatic heterocycles. The topological polar surface area (TPSA) is 47.6 Å². The summed E-state index contributed by atoms with van der Waals surface area (Å²) < 4.78 is 13.4. The lowest BCUT2D eigenvalue weighted by Gasteiger charge is -2.28. The number of unbranched alkanes of at least 4 members (excludes halogenated alkanes) is 1. The van der Waals surface area contributed by atoms with Gasteiger partial charge in [-0.15, -0.1) is 0 Å². The van der Waals surface area contributed by atoms with E-state index >= 15 is 0 Å². The molecule has 0 saturated carbocycles. The lowest BCUT2D eigenvalue weighted by atomic mass is 10.0. The highest BCUT2D eigenvalue weighted by molar-refractivity contribution is 6.36. The first-order chi connectivity index (χ1) is 13.9. The summed E-state index contributed by atoms with van der Waals surface area (Å²) in [5.41, 5.74) is 7.79. The molecule has 8 heteroatoms. The molecule has 2 aromatic carbocycles. The Labute approximate surface area is 180 Å². The van der Waals surface area contributed by atoms with Crippen LogP contribution in [0.15, 0.2) is 42.5 Å². The molecule has 1 saturated heterocycles. The summed E-state index contributed by atoms with van der Waals surface area (Å²) in [5.74, 6) is -0.425. The molecule has 1 aliphatic rings. The van der Waals surface area contributed by atoms with Crippen LogP contribution in [0.4, 0.5) is 10.1 Å². The Morgan fingerprint density at radius 3 is 2.66 bits per heavy atom. The van der Waals surface area contributed by atoms with Crippen LogP contribution < -0.4 is 15.9 Å². The minimum atomic E-state index is -0.458. The molecular weight excluding hydrogens is 414 g/mol. The van der Waals surface area contributed by atoms with Crippen molar-refractivity contribution >= 4 is 34.8 Å². The predicted molar refractivity (Wildman–Crippen MR) is 115 cm³/mol. The second-order valence-corrected chi connectivity index (χ2v) is 8.05. The second-order valence-electron chi connectivity index (χ2n) is 7.20. The normalized spacial score (nSPS) is 19.0. The number of hydrazine groups is 2. The summed E-state index contributed by atoms with van der Waals surface area (Å²) >= 11 is 12.5. The van der Waals surface area contributed by atoms with Crippen LogP contribution in [0.5, 0.6) is 0 Å². The zero-order chi connectivity index (χ0) is 21.0. The van der Waals surface area contributed by atoms with E-state index in [4.69, 9.17) is 23.2 Å². The third kappa shape index (κ3) is 5.39. The van der Waals surface area contributed by atoms with Gasteiger partial charge in [0.15, 0.2) is 0 Å². The van der Waals surface area contributed by atoms with Gasteiger partial charge in [-0.25, -0.2) is 14.8 Å². The van der Waals surface area contributed by atoms with Gasteiger partial charge in [-0.3, -0.25) is 15.2 Å². The van der Waals surface area contributed by atoms with Gasteiger partial charge in [0.05, 0.1) is 16.8 Å². The number of hydrogen-bond donors (Lipinski definition) is 2. The Morgan fingerprint density at radius 1 is 1.28 bits per heavy atom. The Hall–Kier alpha value is -1.86. The molecule has 1 fully saturated rings. The number of halogens is 3. The average Bonchev–Trinajstić information content (AvgIpc) is 3.12. The Bertz CT molecular complexity index is 849. The van der Waals surface area contributed by atoms with E-state index in [0.717, 1.165) is 24.9 Å². The molecule has 156 valence electrons. The molecule has 2 N–H and O–H groups in total. The molecule has 2 atom stereocenters. The second kappa shape index (κ2) is 9.76. The number of rotatable bonds is 7. The van der Waals surface area contributed by atoms with E-state index in [1.165, 1.54) is 12.1 Å². The molecule has 1 aliphatic heterocycles. The smallest absolute Gasteiger partial charge is 0.253 e. The van der Waals surface area contributed by atoms with Gasteiger partial charge in [0.2, 0.25) is 0 Å². The van der Waals surface area contributed by atoms with Crippen molar-refractivity contribution in [1.82, 2.24) is 15.9 Å². The van der Waals surface area contributed by atoms with Crippen LogP contribution in [0.3, 0.4) is 0 Å². The maximum atomic E-state index is 13.4. The van der Waals surface area contributed by atoms with E-state index in [0.29, 0.717) is 22.2 Å². The van der Waals surface area contributed by atoms with Crippen LogP contribution in [0, 0.1) is 5.82 Å². The maximum Gasteiger partial charge on any atom is 0.253 e. The van der Waals surface area contributed by atoms with E-state index < -0.39 is 6.04 Å². The lowest BCUT2D eigenvalue weighted by Crippen LogP contribution is -2.50. The standard InChI is InChI=1S/C21H25Cl2FN4O/c1-3-4-11-27(2)26-21(29)18-13-20(14-5-8-16(24)9-6-14)28(25-18)19-10-7-15(22)12-17(19)23/h5-10,12,18,20,25H,3-4,11,13H2,1-2H3,(H,26,29). The van der Waals surface area contributed by atoms with E-state index in [1.54, 1.807) is 29.3 Å². The minimum absolute atomic E-state index is 0.122. The van der Waals surface area contributed by atoms with E-state index in [-0.39, 0.29) is 17.8 Å². The summed E-state index contributed by atoms with van der Waals surface area (Å²) in [6.07, 6.45) is 2.56. The van der Waals surface area contributed by atoms with Crippen LogP contribution in [0.1, 0.15) is 37.8 Å². The van der Waals surface area contributed by atoms with Crippen molar-refractivity contribution < 1.29 is 9.18 Å². The lowest BCUT2D eigenvalue weighted by molar-refractivity contribution is -0.127. The van der Waals surface area contributed by atoms with E-state index in [1.807, 2.05) is 18.1 Å². The minimum Gasteiger partial charge on any atom is -0.299 e. The Balaban J connectivity index is 1.84. The number of amides is 1. The fourth-order valence-electron chi connectivity index (χ4n) is 3.41. The van der Waals surface area contributed by atoms with Gasteiger partial charge >= 0.3 is 0 Å². The molecule has 0 spiro atoms. The van der Waals surface area contributed by atoms with Crippen molar-refractivity contribution in [3.63, 3.8) is 0 Å². The van der Waals surface area contributed by atoms with Gasteiger partial charge < -0.3 is 0 Å². The molecule has 2 unspecified atom stereocenters. The van der Waals surface area contributed by atoms with Gasteiger partial charge in [0.1, 0.15) is 11.9 Å². The quantitative estimate of drug-likeness (QED) is 0.613. The number of benzene rings is 2. The monoisotopic (exact) mass is 438 g/mol. The van der Waals surface area contributed by atoms with Crippen molar-refractivity contribution in [2.45, 2.75) is 38.3 Å². The first-order valence-corrected chi connectivity index (χ1v) is 10.4. The summed E-state index contributed by atoms with van der Waals surface area (Å²) in [5, 5.41) is 4.67. The summed E-state index contributed by atoms with van der Waals surface area (Å²) in [7, 11) is 1.85. The molecule has 3 rings (SSSR count). The zero-order valence-electron chi connectivity index (χ0n) is 16.5. The van der Waals surface area contributed by atoms with Gasteiger partial charge in [0.25, 0.3) is 5.91 Å². The largest absolute Gasteiger partial charge is 0.299 e. The van der Waals surface area contributed by atoms with Crippen LogP contribution in [-0.2, 0) is 4.79 Å². The van der Waals surface area contributed by atoms with Crippen molar-refractivity contribution in [3.05, 3.63) is 63.9 Å². The van der Waals surface area contributed by atoms with Crippen LogP contribution in [-0.4, -0.2) is 30.6 Å². The summed E-state index contributed by atoms with van der Waals surface area (Å²) in [6, 6.07) is 10.9. The van der Waals surface area contributed by atoms with Crippen LogP contribution >= 0.6 is 23.2 Å². The summed E-state index contributed by atoms with van der Waals surface area (Å²) in [4.78, 5) is 12.8. The van der Waals surface area contributed by atoms with Gasteiger partial charge in [-0.2, -0.15) is 0 Å². The predicted octanol–water partition coefficient (Wildman–Crippen LogP) is 4.72. The van der Waals surface area contributed by atoms with Crippen LogP contribution in [0.25, 0.3) is 0 Å². The van der Waals surface area contributed by atoms with Gasteiger partial charge in [-0.1, -0.05) is 48.7 Å². The third-order valence-corrected chi connectivity index (χ3v) is 5.49. The Morgan fingerprint density at radius 2 is 2.00 bits per heavy atom. The number of carbonyl (C=O) groups excluding carboxylic acids is 1. The van der Waals surface area contributed by atoms with E-state index in [9.17, 15) is 9.18 Å². The number of carbonyl (C=O) groups is 1. The molecule has 5 nitrogen and oxygen atoms in total. The first-order valence-electron chi connectivity index (χ1n) is 9.66. The highest BCUT2D eigenvalue weighted by atomic mass is 35.5. The van der Waals surface area contributed by atoms with Crippen molar-refractivity contribution in [2.75, 3.05) is 18.6 Å². The number of hydrogen-bond acceptors (Lipinski definition) is 4. The number of anilines is 1. The zero-order valence-corrected chi connectivity index (χ0v) is 18.0. The number of nitrogens with one attached hydrogen (secondary N) is 2. The average molecular weight is 439 g/mol. The molecule has 1 heterocycles. The van der Waals surface area contributed by atoms with E-state index in [2.05, 4.69) is 17.8 Å². The van der Waals surface area contributed by atoms with Crippen molar-refractivity contribution in [3.8, 4) is 0 Å². The molecule has 2 aromatic rings. The van der Waals surface area contributed by atoms with Gasteiger partial charge in [0, 0.05) is 18.6 Å². The van der Waals surface area contributed by atoms with Crippen molar-refractivity contribution in [1.29, 1.82) is 0 Å². The highest BCUT2D eigenvalue weighted by Gasteiger charge is 2.38. The molecule has 29 heavy (non-hydrogen) atoms. The fraction of sp³-hybridized carbons (Fsp3) is 0.381. The molecular formula is C21H25Cl2FN4O. The SMILES string of the molecule is CCCCN(C)NC(=O)C1CC(c2ccc(F)cc2)N(c2ccc(Cl)cc2Cl)N1. The molecule has 0 bridgehead atoms. The third-order valence-electron chi connectivity index (χ3n) is 4.95. The molecule has 0 radical (unpaired) electrons. The van der Waals surface area contributed by atoms with Gasteiger partial charge in [-0.05, 0) is 48.7 Å². The van der Waals surface area contributed by atoms with Crippen molar-refractivity contribution in [2.24, 2.45) is 0 Å². The van der Waals surface area contributed by atoms with Crippen LogP contribution in [0.2, 0.25) is 10.0 Å². The molecule has 1 amide bonds. The highest BCUT2D eigenvalue weighted by Crippen LogP contribution is 2.38. The molecule has 0 aliphatic carbocycles. The maximum absolute atomic E-state index is 13.4. The first kappa shape index (κ1) is 21.8. The Kier molecular flexibility index (Phi) is 7.35. The fourth-order valence-corrected chi connectivity index (χ4v) is 3.91.